The number of ketones is 1. The molecule has 1 atom stereocenters. The number of amides is 1. The van der Waals surface area contributed by atoms with Gasteiger partial charge in [-0.05, 0) is 67.9 Å². The molecule has 1 aliphatic rings. The predicted octanol–water partition coefficient (Wildman–Crippen LogP) is 5.75. The molecule has 0 spiro atoms. The maximum Gasteiger partial charge on any atom is 0.300 e. The number of anilines is 1. The van der Waals surface area contributed by atoms with Crippen molar-refractivity contribution in [2.75, 3.05) is 4.90 Å². The van der Waals surface area contributed by atoms with E-state index in [0.29, 0.717) is 27.6 Å². The highest BCUT2D eigenvalue weighted by Gasteiger charge is 2.46. The summed E-state index contributed by atoms with van der Waals surface area (Å²) >= 11 is 5.97. The lowest BCUT2D eigenvalue weighted by atomic mass is 9.95. The summed E-state index contributed by atoms with van der Waals surface area (Å²) in [4.78, 5) is 27.6. The van der Waals surface area contributed by atoms with Crippen molar-refractivity contribution < 1.29 is 19.4 Å². The topological polar surface area (TPSA) is 66.8 Å². The molecule has 1 fully saturated rings. The van der Waals surface area contributed by atoms with Crippen LogP contribution >= 0.6 is 11.6 Å². The number of nitrogens with zero attached hydrogens (tertiary/aromatic N) is 1. The molecule has 0 saturated carbocycles. The lowest BCUT2D eigenvalue weighted by molar-refractivity contribution is -0.132. The SMILES string of the molecule is CC(C)Oc1ccc(C2/C(=C(/O)c3ccc(Cl)cc3)C(=O)C(=O)N2c2ccccc2)cc1. The molecule has 0 aromatic heterocycles. The van der Waals surface area contributed by atoms with Crippen molar-refractivity contribution in [1.29, 1.82) is 0 Å². The second-order valence-corrected chi connectivity index (χ2v) is 8.18. The highest BCUT2D eigenvalue weighted by atomic mass is 35.5. The van der Waals surface area contributed by atoms with Gasteiger partial charge in [0, 0.05) is 16.3 Å². The predicted molar refractivity (Wildman–Crippen MR) is 125 cm³/mol. The van der Waals surface area contributed by atoms with Gasteiger partial charge < -0.3 is 9.84 Å². The molecule has 1 amide bonds. The van der Waals surface area contributed by atoms with Crippen molar-refractivity contribution in [3.05, 3.63) is 101 Å². The minimum absolute atomic E-state index is 0.0145. The first-order valence-electron chi connectivity index (χ1n) is 10.3. The van der Waals surface area contributed by atoms with E-state index < -0.39 is 17.7 Å². The van der Waals surface area contributed by atoms with E-state index in [4.69, 9.17) is 16.3 Å². The zero-order chi connectivity index (χ0) is 22.8. The number of carbonyl (C=O) groups is 2. The van der Waals surface area contributed by atoms with E-state index in [1.165, 1.54) is 4.90 Å². The Balaban J connectivity index is 1.87. The van der Waals surface area contributed by atoms with Gasteiger partial charge >= 0.3 is 0 Å². The van der Waals surface area contributed by atoms with Crippen LogP contribution in [-0.2, 0) is 9.59 Å². The van der Waals surface area contributed by atoms with E-state index >= 15 is 0 Å². The molecule has 1 N–H and O–H groups in total. The summed E-state index contributed by atoms with van der Waals surface area (Å²) in [6.07, 6.45) is 0.0145. The fourth-order valence-electron chi connectivity index (χ4n) is 3.77. The van der Waals surface area contributed by atoms with Gasteiger partial charge in [0.15, 0.2) is 0 Å². The average molecular weight is 448 g/mol. The van der Waals surface area contributed by atoms with Crippen molar-refractivity contribution in [3.8, 4) is 5.75 Å². The zero-order valence-electron chi connectivity index (χ0n) is 17.7. The molecule has 3 aromatic carbocycles. The zero-order valence-corrected chi connectivity index (χ0v) is 18.4. The summed E-state index contributed by atoms with van der Waals surface area (Å²) < 4.78 is 5.72. The first-order chi connectivity index (χ1) is 15.4. The second-order valence-electron chi connectivity index (χ2n) is 7.75. The standard InChI is InChI=1S/C26H22ClNO4/c1-16(2)32-21-14-10-17(11-15-21)23-22(24(29)18-8-12-19(27)13-9-18)25(30)26(31)28(23)20-6-4-3-5-7-20/h3-16,23,29H,1-2H3/b24-22-. The summed E-state index contributed by atoms with van der Waals surface area (Å²) in [5, 5.41) is 11.6. The third-order valence-electron chi connectivity index (χ3n) is 5.16. The molecule has 1 saturated heterocycles. The average Bonchev–Trinajstić information content (AvgIpc) is 3.05. The molecule has 1 unspecified atom stereocenters. The summed E-state index contributed by atoms with van der Waals surface area (Å²) in [5.74, 6) is -1.00. The third-order valence-corrected chi connectivity index (χ3v) is 5.42. The van der Waals surface area contributed by atoms with Crippen molar-refractivity contribution in [1.82, 2.24) is 0 Å². The number of hydrogen-bond acceptors (Lipinski definition) is 4. The van der Waals surface area contributed by atoms with Crippen LogP contribution < -0.4 is 9.64 Å². The number of halogens is 1. The number of para-hydroxylation sites is 1. The van der Waals surface area contributed by atoms with Crippen LogP contribution in [0.25, 0.3) is 5.76 Å². The lowest BCUT2D eigenvalue weighted by Crippen LogP contribution is -2.29. The van der Waals surface area contributed by atoms with Gasteiger partial charge in [0.2, 0.25) is 0 Å². The number of Topliss-reactive ketones (excluding diaryl/α,β-unsaturated/α-hetero) is 1. The Kier molecular flexibility index (Phi) is 6.01. The van der Waals surface area contributed by atoms with E-state index in [2.05, 4.69) is 0 Å². The third kappa shape index (κ3) is 4.12. The van der Waals surface area contributed by atoms with Crippen molar-refractivity contribution >= 4 is 34.7 Å². The molecular formula is C26H22ClNO4. The van der Waals surface area contributed by atoms with Crippen LogP contribution in [0.15, 0.2) is 84.4 Å². The Labute approximate surface area is 191 Å². The van der Waals surface area contributed by atoms with E-state index in [1.807, 2.05) is 19.9 Å². The molecule has 0 radical (unpaired) electrons. The van der Waals surface area contributed by atoms with Crippen molar-refractivity contribution in [2.45, 2.75) is 26.0 Å². The molecule has 1 heterocycles. The Hall–Kier alpha value is -3.57. The number of benzene rings is 3. The number of aliphatic hydroxyl groups excluding tert-OH is 1. The summed E-state index contributed by atoms with van der Waals surface area (Å²) in [5.41, 5.74) is 1.68. The summed E-state index contributed by atoms with van der Waals surface area (Å²) in [7, 11) is 0. The molecule has 0 bridgehead atoms. The quantitative estimate of drug-likeness (QED) is 0.307. The molecule has 162 valence electrons. The van der Waals surface area contributed by atoms with Crippen LogP contribution in [0.4, 0.5) is 5.69 Å². The van der Waals surface area contributed by atoms with Gasteiger partial charge in [0.25, 0.3) is 11.7 Å². The normalized spacial score (nSPS) is 17.8. The highest BCUT2D eigenvalue weighted by molar-refractivity contribution is 6.51. The van der Waals surface area contributed by atoms with E-state index in [9.17, 15) is 14.7 Å². The van der Waals surface area contributed by atoms with Crippen LogP contribution in [0.1, 0.15) is 31.0 Å². The monoisotopic (exact) mass is 447 g/mol. The van der Waals surface area contributed by atoms with Gasteiger partial charge in [-0.1, -0.05) is 41.9 Å². The second kappa shape index (κ2) is 8.89. The van der Waals surface area contributed by atoms with Crippen molar-refractivity contribution in [3.63, 3.8) is 0 Å². The van der Waals surface area contributed by atoms with Gasteiger partial charge in [-0.25, -0.2) is 0 Å². The van der Waals surface area contributed by atoms with E-state index in [-0.39, 0.29) is 17.4 Å². The Morgan fingerprint density at radius 3 is 2.16 bits per heavy atom. The Bertz CT molecular complexity index is 1170. The van der Waals surface area contributed by atoms with Crippen LogP contribution in [0.2, 0.25) is 5.02 Å². The molecule has 6 heteroatoms. The lowest BCUT2D eigenvalue weighted by Gasteiger charge is -2.25. The summed E-state index contributed by atoms with van der Waals surface area (Å²) in [6, 6.07) is 21.8. The van der Waals surface area contributed by atoms with Gasteiger partial charge in [0.1, 0.15) is 11.5 Å². The van der Waals surface area contributed by atoms with Crippen LogP contribution in [0, 0.1) is 0 Å². The van der Waals surface area contributed by atoms with Gasteiger partial charge in [-0.2, -0.15) is 0 Å². The van der Waals surface area contributed by atoms with Gasteiger partial charge in [-0.3, -0.25) is 14.5 Å². The summed E-state index contributed by atoms with van der Waals surface area (Å²) in [6.45, 7) is 3.87. The first kappa shape index (κ1) is 21.7. The molecule has 3 aromatic rings. The minimum Gasteiger partial charge on any atom is -0.507 e. The van der Waals surface area contributed by atoms with Gasteiger partial charge in [0.05, 0.1) is 17.7 Å². The Morgan fingerprint density at radius 1 is 0.938 bits per heavy atom. The van der Waals surface area contributed by atoms with Crippen LogP contribution in [0.3, 0.4) is 0 Å². The number of rotatable bonds is 5. The van der Waals surface area contributed by atoms with E-state index in [1.54, 1.807) is 72.8 Å². The first-order valence-corrected chi connectivity index (χ1v) is 10.6. The van der Waals surface area contributed by atoms with Crippen molar-refractivity contribution in [2.24, 2.45) is 0 Å². The Morgan fingerprint density at radius 2 is 1.56 bits per heavy atom. The molecule has 5 nitrogen and oxygen atoms in total. The van der Waals surface area contributed by atoms with E-state index in [0.717, 1.165) is 0 Å². The molecular weight excluding hydrogens is 426 g/mol. The maximum atomic E-state index is 13.1. The smallest absolute Gasteiger partial charge is 0.300 e. The highest BCUT2D eigenvalue weighted by Crippen LogP contribution is 2.42. The number of carbonyl (C=O) groups excluding carboxylic acids is 2. The van der Waals surface area contributed by atoms with Crippen LogP contribution in [-0.4, -0.2) is 22.9 Å². The molecule has 1 aliphatic heterocycles. The largest absolute Gasteiger partial charge is 0.507 e. The van der Waals surface area contributed by atoms with Crippen LogP contribution in [0.5, 0.6) is 5.75 Å². The fourth-order valence-corrected chi connectivity index (χ4v) is 3.89. The molecule has 4 rings (SSSR count). The minimum atomic E-state index is -0.791. The number of aliphatic hydroxyl groups is 1. The molecule has 0 aliphatic carbocycles. The van der Waals surface area contributed by atoms with Gasteiger partial charge in [-0.15, -0.1) is 0 Å². The number of hydrogen-bond donors (Lipinski definition) is 1. The maximum absolute atomic E-state index is 13.1. The fraction of sp³-hybridized carbons (Fsp3) is 0.154. The molecule has 32 heavy (non-hydrogen) atoms. The number of ether oxygens (including phenoxy) is 1.